The molecule has 0 aliphatic carbocycles. The lowest BCUT2D eigenvalue weighted by Crippen LogP contribution is -2.14. The summed E-state index contributed by atoms with van der Waals surface area (Å²) in [6.45, 7) is 5.33. The molecule has 0 aromatic heterocycles. The first-order chi connectivity index (χ1) is 6.41. The van der Waals surface area contributed by atoms with Crippen LogP contribution in [0.2, 0.25) is 0 Å². The first kappa shape index (κ1) is 13.6. The highest BCUT2D eigenvalue weighted by Gasteiger charge is 2.26. The minimum atomic E-state index is -3.83. The van der Waals surface area contributed by atoms with E-state index in [9.17, 15) is 14.3 Å². The standard InChI is InChI=1S/C8H17O5P/c1-4-7(3)13-14(10,11)6-8(9)12-5-2/h7H,4-6H2,1-3H3,(H,10,11). The summed E-state index contributed by atoms with van der Waals surface area (Å²) in [7, 11) is -3.83. The topological polar surface area (TPSA) is 72.8 Å². The number of esters is 1. The molecule has 0 saturated carbocycles. The van der Waals surface area contributed by atoms with Gasteiger partial charge in [-0.2, -0.15) is 0 Å². The zero-order chi connectivity index (χ0) is 11.2. The quantitative estimate of drug-likeness (QED) is 0.547. The van der Waals surface area contributed by atoms with Gasteiger partial charge in [0, 0.05) is 0 Å². The molecule has 0 heterocycles. The number of hydrogen-bond acceptors (Lipinski definition) is 4. The van der Waals surface area contributed by atoms with E-state index < -0.39 is 19.7 Å². The Kier molecular flexibility index (Phi) is 6.00. The maximum Gasteiger partial charge on any atom is 0.339 e. The summed E-state index contributed by atoms with van der Waals surface area (Å²) in [5, 5.41) is 0. The van der Waals surface area contributed by atoms with Gasteiger partial charge in [0.15, 0.2) is 0 Å². The summed E-state index contributed by atoms with van der Waals surface area (Å²) in [5.41, 5.74) is 0. The van der Waals surface area contributed by atoms with Crippen molar-refractivity contribution in [3.05, 3.63) is 0 Å². The van der Waals surface area contributed by atoms with Gasteiger partial charge in [-0.15, -0.1) is 0 Å². The second-order valence-corrected chi connectivity index (χ2v) is 4.73. The largest absolute Gasteiger partial charge is 0.466 e. The molecule has 0 aliphatic rings. The van der Waals surface area contributed by atoms with E-state index in [1.807, 2.05) is 6.92 Å². The molecule has 0 rings (SSSR count). The van der Waals surface area contributed by atoms with Crippen molar-refractivity contribution in [1.82, 2.24) is 0 Å². The van der Waals surface area contributed by atoms with Crippen LogP contribution in [0.5, 0.6) is 0 Å². The molecular weight excluding hydrogens is 207 g/mol. The summed E-state index contributed by atoms with van der Waals surface area (Å²) in [6.07, 6.45) is -0.293. The SMILES string of the molecule is CCOC(=O)CP(=O)(O)OC(C)CC. The second kappa shape index (κ2) is 6.17. The monoisotopic (exact) mass is 224 g/mol. The Morgan fingerprint density at radius 1 is 1.50 bits per heavy atom. The third kappa shape index (κ3) is 6.13. The second-order valence-electron chi connectivity index (χ2n) is 2.92. The molecule has 0 fully saturated rings. The van der Waals surface area contributed by atoms with E-state index in [1.54, 1.807) is 13.8 Å². The minimum absolute atomic E-state index is 0.197. The molecule has 0 aromatic rings. The van der Waals surface area contributed by atoms with E-state index in [0.717, 1.165) is 0 Å². The zero-order valence-corrected chi connectivity index (χ0v) is 9.62. The van der Waals surface area contributed by atoms with Crippen molar-refractivity contribution in [2.24, 2.45) is 0 Å². The van der Waals surface area contributed by atoms with Crippen LogP contribution >= 0.6 is 7.60 Å². The van der Waals surface area contributed by atoms with Crippen molar-refractivity contribution in [3.8, 4) is 0 Å². The van der Waals surface area contributed by atoms with Crippen molar-refractivity contribution >= 4 is 13.6 Å². The Labute approximate surface area is 83.9 Å². The molecule has 1 N–H and O–H groups in total. The molecule has 0 bridgehead atoms. The lowest BCUT2D eigenvalue weighted by Gasteiger charge is -2.15. The molecule has 0 radical (unpaired) electrons. The first-order valence-corrected chi connectivity index (χ1v) is 6.33. The van der Waals surface area contributed by atoms with E-state index in [0.29, 0.717) is 6.42 Å². The predicted molar refractivity (Wildman–Crippen MR) is 52.2 cm³/mol. The van der Waals surface area contributed by atoms with Crippen LogP contribution in [0.4, 0.5) is 0 Å². The Balaban J connectivity index is 4.06. The zero-order valence-electron chi connectivity index (χ0n) is 8.73. The van der Waals surface area contributed by atoms with Crippen LogP contribution in [0.1, 0.15) is 27.2 Å². The van der Waals surface area contributed by atoms with Gasteiger partial charge in [0.1, 0.15) is 6.16 Å². The highest BCUT2D eigenvalue weighted by molar-refractivity contribution is 7.53. The summed E-state index contributed by atoms with van der Waals surface area (Å²) in [4.78, 5) is 20.1. The Bertz CT molecular complexity index is 228. The van der Waals surface area contributed by atoms with Crippen molar-refractivity contribution < 1.29 is 23.5 Å². The van der Waals surface area contributed by atoms with Gasteiger partial charge in [0.25, 0.3) is 0 Å². The summed E-state index contributed by atoms with van der Waals surface area (Å²) in [6, 6.07) is 0. The van der Waals surface area contributed by atoms with Crippen LogP contribution in [-0.4, -0.2) is 29.7 Å². The Hall–Kier alpha value is -0.380. The molecule has 0 spiro atoms. The smallest absolute Gasteiger partial charge is 0.339 e. The number of ether oxygens (including phenoxy) is 1. The van der Waals surface area contributed by atoms with Crippen molar-refractivity contribution in [1.29, 1.82) is 0 Å². The fourth-order valence-corrected chi connectivity index (χ4v) is 1.97. The van der Waals surface area contributed by atoms with Gasteiger partial charge in [0.05, 0.1) is 12.7 Å². The van der Waals surface area contributed by atoms with E-state index in [2.05, 4.69) is 4.74 Å². The molecule has 2 atom stereocenters. The Morgan fingerprint density at radius 3 is 2.50 bits per heavy atom. The Morgan fingerprint density at radius 2 is 2.07 bits per heavy atom. The summed E-state index contributed by atoms with van der Waals surface area (Å²) >= 11 is 0. The third-order valence-corrected chi connectivity index (χ3v) is 2.90. The molecule has 0 aliphatic heterocycles. The molecule has 14 heavy (non-hydrogen) atoms. The highest BCUT2D eigenvalue weighted by atomic mass is 31.2. The fourth-order valence-electron chi connectivity index (χ4n) is 0.763. The average molecular weight is 224 g/mol. The fraction of sp³-hybridized carbons (Fsp3) is 0.875. The van der Waals surface area contributed by atoms with Crippen LogP contribution in [0.25, 0.3) is 0 Å². The number of carbonyl (C=O) groups is 1. The minimum Gasteiger partial charge on any atom is -0.466 e. The molecule has 84 valence electrons. The summed E-state index contributed by atoms with van der Waals surface area (Å²) < 4.78 is 20.7. The van der Waals surface area contributed by atoms with Gasteiger partial charge in [-0.3, -0.25) is 9.36 Å². The van der Waals surface area contributed by atoms with Gasteiger partial charge < -0.3 is 14.2 Å². The molecule has 6 heteroatoms. The lowest BCUT2D eigenvalue weighted by atomic mass is 10.3. The van der Waals surface area contributed by atoms with Crippen molar-refractivity contribution in [3.63, 3.8) is 0 Å². The molecular formula is C8H17O5P. The van der Waals surface area contributed by atoms with Crippen LogP contribution < -0.4 is 0 Å². The normalized spacial score (nSPS) is 17.1. The average Bonchev–Trinajstić information content (AvgIpc) is 2.02. The lowest BCUT2D eigenvalue weighted by molar-refractivity contribution is -0.140. The number of hydrogen-bond donors (Lipinski definition) is 1. The van der Waals surface area contributed by atoms with Gasteiger partial charge >= 0.3 is 13.6 Å². The van der Waals surface area contributed by atoms with E-state index in [-0.39, 0.29) is 12.7 Å². The van der Waals surface area contributed by atoms with Gasteiger partial charge in [-0.1, -0.05) is 6.92 Å². The maximum absolute atomic E-state index is 11.3. The predicted octanol–water partition coefficient (Wildman–Crippen LogP) is 1.55. The number of carbonyl (C=O) groups excluding carboxylic acids is 1. The van der Waals surface area contributed by atoms with E-state index in [4.69, 9.17) is 4.52 Å². The highest BCUT2D eigenvalue weighted by Crippen LogP contribution is 2.43. The molecule has 0 saturated heterocycles. The van der Waals surface area contributed by atoms with Gasteiger partial charge in [-0.05, 0) is 20.3 Å². The van der Waals surface area contributed by atoms with Crippen molar-refractivity contribution in [2.45, 2.75) is 33.3 Å². The van der Waals surface area contributed by atoms with Crippen LogP contribution in [0, 0.1) is 0 Å². The molecule has 0 amide bonds. The van der Waals surface area contributed by atoms with Gasteiger partial charge in [-0.25, -0.2) is 0 Å². The first-order valence-electron chi connectivity index (χ1n) is 4.57. The van der Waals surface area contributed by atoms with E-state index >= 15 is 0 Å². The molecule has 5 nitrogen and oxygen atoms in total. The van der Waals surface area contributed by atoms with Crippen molar-refractivity contribution in [2.75, 3.05) is 12.8 Å². The third-order valence-electron chi connectivity index (χ3n) is 1.55. The van der Waals surface area contributed by atoms with Gasteiger partial charge in [0.2, 0.25) is 0 Å². The van der Waals surface area contributed by atoms with Crippen LogP contribution in [0.15, 0.2) is 0 Å². The van der Waals surface area contributed by atoms with E-state index in [1.165, 1.54) is 0 Å². The van der Waals surface area contributed by atoms with Crippen LogP contribution in [0.3, 0.4) is 0 Å². The summed E-state index contributed by atoms with van der Waals surface area (Å²) in [5.74, 6) is -0.707. The number of rotatable bonds is 6. The molecule has 0 aromatic carbocycles. The van der Waals surface area contributed by atoms with Crippen LogP contribution in [-0.2, 0) is 18.6 Å². The molecule has 2 unspecified atom stereocenters. The maximum atomic E-state index is 11.3.